The number of ether oxygens (including phenoxy) is 1. The SMILES string of the molecule is CCC1(C(=O)O)CCN(C(=O)N2CCC(COC)CC2)C1. The number of carboxylic acids is 1. The quantitative estimate of drug-likeness (QED) is 0.857. The predicted molar refractivity (Wildman–Crippen MR) is 78.1 cm³/mol. The topological polar surface area (TPSA) is 70.1 Å². The van der Waals surface area contributed by atoms with Crippen molar-refractivity contribution in [3.63, 3.8) is 0 Å². The van der Waals surface area contributed by atoms with E-state index >= 15 is 0 Å². The molecule has 2 amide bonds. The molecule has 1 N–H and O–H groups in total. The Kier molecular flexibility index (Phi) is 5.08. The zero-order valence-corrected chi connectivity index (χ0v) is 13.0. The lowest BCUT2D eigenvalue weighted by molar-refractivity contribution is -0.148. The molecule has 0 aliphatic carbocycles. The van der Waals surface area contributed by atoms with Crippen LogP contribution in [0.4, 0.5) is 4.79 Å². The van der Waals surface area contributed by atoms with Gasteiger partial charge in [0.15, 0.2) is 0 Å². The highest BCUT2D eigenvalue weighted by Gasteiger charge is 2.45. The van der Waals surface area contributed by atoms with Crippen molar-refractivity contribution in [2.75, 3.05) is 39.9 Å². The van der Waals surface area contributed by atoms with Gasteiger partial charge in [-0.15, -0.1) is 0 Å². The molecular formula is C15H26N2O4. The van der Waals surface area contributed by atoms with Crippen LogP contribution in [0.3, 0.4) is 0 Å². The molecule has 0 aromatic rings. The Hall–Kier alpha value is -1.30. The summed E-state index contributed by atoms with van der Waals surface area (Å²) >= 11 is 0. The minimum Gasteiger partial charge on any atom is -0.481 e. The molecule has 21 heavy (non-hydrogen) atoms. The van der Waals surface area contributed by atoms with Crippen molar-refractivity contribution in [3.8, 4) is 0 Å². The lowest BCUT2D eigenvalue weighted by Gasteiger charge is -2.34. The molecule has 1 unspecified atom stereocenters. The number of likely N-dealkylation sites (tertiary alicyclic amines) is 2. The van der Waals surface area contributed by atoms with Crippen LogP contribution in [0.1, 0.15) is 32.6 Å². The Bertz CT molecular complexity index is 393. The number of methoxy groups -OCH3 is 1. The summed E-state index contributed by atoms with van der Waals surface area (Å²) in [5, 5.41) is 9.40. The Morgan fingerprint density at radius 2 is 1.90 bits per heavy atom. The van der Waals surface area contributed by atoms with Crippen LogP contribution >= 0.6 is 0 Å². The van der Waals surface area contributed by atoms with Gasteiger partial charge in [-0.05, 0) is 31.6 Å². The van der Waals surface area contributed by atoms with E-state index in [9.17, 15) is 14.7 Å². The van der Waals surface area contributed by atoms with Gasteiger partial charge in [-0.2, -0.15) is 0 Å². The van der Waals surface area contributed by atoms with Gasteiger partial charge < -0.3 is 19.6 Å². The summed E-state index contributed by atoms with van der Waals surface area (Å²) in [6, 6.07) is 0.00226. The number of aliphatic carboxylic acids is 1. The summed E-state index contributed by atoms with van der Waals surface area (Å²) in [6.07, 6.45) is 3.06. The molecular weight excluding hydrogens is 272 g/mol. The maximum atomic E-state index is 12.5. The molecule has 1 atom stereocenters. The van der Waals surface area contributed by atoms with Crippen molar-refractivity contribution in [2.24, 2.45) is 11.3 Å². The molecule has 6 nitrogen and oxygen atoms in total. The zero-order valence-electron chi connectivity index (χ0n) is 13.0. The molecule has 2 heterocycles. The summed E-state index contributed by atoms with van der Waals surface area (Å²) in [4.78, 5) is 27.5. The summed E-state index contributed by atoms with van der Waals surface area (Å²) in [6.45, 7) is 5.03. The molecule has 0 aromatic carbocycles. The third-order valence-corrected chi connectivity index (χ3v) is 5.04. The second-order valence-corrected chi connectivity index (χ2v) is 6.28. The van der Waals surface area contributed by atoms with Gasteiger partial charge in [0.25, 0.3) is 0 Å². The minimum absolute atomic E-state index is 0.00226. The molecule has 2 aliphatic heterocycles. The second kappa shape index (κ2) is 6.64. The van der Waals surface area contributed by atoms with E-state index in [0.717, 1.165) is 32.5 Å². The van der Waals surface area contributed by atoms with Crippen LogP contribution in [-0.2, 0) is 9.53 Å². The molecule has 0 aromatic heterocycles. The van der Waals surface area contributed by atoms with Gasteiger partial charge in [0.2, 0.25) is 0 Å². The molecule has 120 valence electrons. The van der Waals surface area contributed by atoms with Crippen LogP contribution < -0.4 is 0 Å². The smallest absolute Gasteiger partial charge is 0.320 e. The molecule has 0 radical (unpaired) electrons. The van der Waals surface area contributed by atoms with Crippen LogP contribution in [0.5, 0.6) is 0 Å². The van der Waals surface area contributed by atoms with Gasteiger partial charge in [-0.25, -0.2) is 4.79 Å². The standard InChI is InChI=1S/C15H26N2O4/c1-3-15(13(18)19)6-9-17(11-15)14(20)16-7-4-12(5-8-16)10-21-2/h12H,3-11H2,1-2H3,(H,18,19). The molecule has 0 saturated carbocycles. The summed E-state index contributed by atoms with van der Waals surface area (Å²) in [5.41, 5.74) is -0.746. The van der Waals surface area contributed by atoms with Crippen molar-refractivity contribution < 1.29 is 19.4 Å². The fourth-order valence-corrected chi connectivity index (χ4v) is 3.38. The van der Waals surface area contributed by atoms with Crippen LogP contribution in [0.15, 0.2) is 0 Å². The van der Waals surface area contributed by atoms with Gasteiger partial charge in [0.1, 0.15) is 0 Å². The first-order valence-electron chi connectivity index (χ1n) is 7.78. The number of nitrogens with zero attached hydrogens (tertiary/aromatic N) is 2. The number of hydrogen-bond acceptors (Lipinski definition) is 3. The summed E-state index contributed by atoms with van der Waals surface area (Å²) < 4.78 is 5.17. The number of carbonyl (C=O) groups excluding carboxylic acids is 1. The molecule has 0 spiro atoms. The van der Waals surface area contributed by atoms with Gasteiger partial charge in [0, 0.05) is 39.9 Å². The maximum absolute atomic E-state index is 12.5. The van der Waals surface area contributed by atoms with Crippen molar-refractivity contribution in [2.45, 2.75) is 32.6 Å². The van der Waals surface area contributed by atoms with Crippen LogP contribution in [0.2, 0.25) is 0 Å². The fraction of sp³-hybridized carbons (Fsp3) is 0.867. The van der Waals surface area contributed by atoms with E-state index in [1.54, 1.807) is 12.0 Å². The largest absolute Gasteiger partial charge is 0.481 e. The van der Waals surface area contributed by atoms with E-state index in [1.807, 2.05) is 11.8 Å². The van der Waals surface area contributed by atoms with Crippen molar-refractivity contribution in [1.29, 1.82) is 0 Å². The van der Waals surface area contributed by atoms with Crippen LogP contribution in [0.25, 0.3) is 0 Å². The van der Waals surface area contributed by atoms with Crippen molar-refractivity contribution in [3.05, 3.63) is 0 Å². The van der Waals surface area contributed by atoms with E-state index in [1.165, 1.54) is 0 Å². The first-order valence-corrected chi connectivity index (χ1v) is 7.78. The first kappa shape index (κ1) is 16.1. The number of carboxylic acid groups (broad SMARTS) is 1. The van der Waals surface area contributed by atoms with E-state index < -0.39 is 11.4 Å². The highest BCUT2D eigenvalue weighted by molar-refractivity contribution is 5.79. The Balaban J connectivity index is 1.89. The Morgan fingerprint density at radius 3 is 2.38 bits per heavy atom. The van der Waals surface area contributed by atoms with Gasteiger partial charge in [-0.3, -0.25) is 4.79 Å². The number of rotatable bonds is 4. The molecule has 6 heteroatoms. The van der Waals surface area contributed by atoms with Crippen LogP contribution in [-0.4, -0.2) is 66.8 Å². The monoisotopic (exact) mass is 298 g/mol. The van der Waals surface area contributed by atoms with Crippen molar-refractivity contribution in [1.82, 2.24) is 9.80 Å². The second-order valence-electron chi connectivity index (χ2n) is 6.28. The summed E-state index contributed by atoms with van der Waals surface area (Å²) in [7, 11) is 1.71. The van der Waals surface area contributed by atoms with Crippen LogP contribution in [0, 0.1) is 11.3 Å². The number of amides is 2. The Labute approximate surface area is 126 Å². The number of urea groups is 1. The molecule has 2 saturated heterocycles. The van der Waals surface area contributed by atoms with E-state index in [0.29, 0.717) is 31.8 Å². The summed E-state index contributed by atoms with van der Waals surface area (Å²) in [5.74, 6) is -0.245. The van der Waals surface area contributed by atoms with E-state index in [2.05, 4.69) is 0 Å². The van der Waals surface area contributed by atoms with Gasteiger partial charge >= 0.3 is 12.0 Å². The van der Waals surface area contributed by atoms with Crippen molar-refractivity contribution >= 4 is 12.0 Å². The zero-order chi connectivity index (χ0) is 15.5. The molecule has 2 rings (SSSR count). The Morgan fingerprint density at radius 1 is 1.24 bits per heavy atom. The van der Waals surface area contributed by atoms with E-state index in [-0.39, 0.29) is 6.03 Å². The number of carbonyl (C=O) groups is 2. The predicted octanol–water partition coefficient (Wildman–Crippen LogP) is 1.65. The third kappa shape index (κ3) is 3.31. The lowest BCUT2D eigenvalue weighted by Crippen LogP contribution is -2.47. The normalized spacial score (nSPS) is 27.1. The highest BCUT2D eigenvalue weighted by atomic mass is 16.5. The molecule has 2 aliphatic rings. The lowest BCUT2D eigenvalue weighted by atomic mass is 9.84. The van der Waals surface area contributed by atoms with Gasteiger partial charge in [0.05, 0.1) is 5.41 Å². The number of piperidine rings is 1. The fourth-order valence-electron chi connectivity index (χ4n) is 3.38. The highest BCUT2D eigenvalue weighted by Crippen LogP contribution is 2.35. The first-order chi connectivity index (χ1) is 10.0. The molecule has 0 bridgehead atoms. The van der Waals surface area contributed by atoms with E-state index in [4.69, 9.17) is 4.74 Å². The minimum atomic E-state index is -0.779. The molecule has 2 fully saturated rings. The third-order valence-electron chi connectivity index (χ3n) is 5.04. The average molecular weight is 298 g/mol. The maximum Gasteiger partial charge on any atom is 0.320 e. The number of hydrogen-bond donors (Lipinski definition) is 1. The average Bonchev–Trinajstić information content (AvgIpc) is 2.93. The van der Waals surface area contributed by atoms with Gasteiger partial charge in [-0.1, -0.05) is 6.92 Å².